The number of hydrogen-bond donors (Lipinski definition) is 0. The van der Waals surface area contributed by atoms with Crippen molar-refractivity contribution in [3.05, 3.63) is 41.5 Å². The number of hydrogen-bond acceptors (Lipinski definition) is 4. The van der Waals surface area contributed by atoms with Crippen LogP contribution in [0.5, 0.6) is 0 Å². The van der Waals surface area contributed by atoms with Gasteiger partial charge in [-0.05, 0) is 35.7 Å². The Bertz CT molecular complexity index is 469. The average molecular weight is 280 g/mol. The third-order valence-electron chi connectivity index (χ3n) is 1.95. The van der Waals surface area contributed by atoms with Crippen LogP contribution in [0.3, 0.4) is 0 Å². The van der Waals surface area contributed by atoms with Crippen molar-refractivity contribution in [1.29, 1.82) is 0 Å². The molecule has 0 amide bonds. The van der Waals surface area contributed by atoms with Crippen molar-refractivity contribution >= 4 is 26.3 Å². The Balaban J connectivity index is 0.000000296. The molecule has 0 heterocycles. The maximum absolute atomic E-state index is 9.82. The standard InChI is InChI=1S/C9H8.C2H6O3S2.Na/c1-2-5-9-7-3-6-8(9)4-1;1-2-5-7(3,4)6;/h1-6H,7H2;2H2,1H3,(H,3,4,6);/q;;+1/p-1. The Kier molecular flexibility index (Phi) is 8.49. The van der Waals surface area contributed by atoms with Crippen LogP contribution in [0.15, 0.2) is 30.3 Å². The van der Waals surface area contributed by atoms with Crippen molar-refractivity contribution in [2.24, 2.45) is 0 Å². The second-order valence-electron chi connectivity index (χ2n) is 3.12. The summed E-state index contributed by atoms with van der Waals surface area (Å²) in [4.78, 5) is 0. The van der Waals surface area contributed by atoms with Crippen molar-refractivity contribution in [1.82, 2.24) is 0 Å². The molecule has 88 valence electrons. The molecule has 3 nitrogen and oxygen atoms in total. The van der Waals surface area contributed by atoms with E-state index in [1.807, 2.05) is 0 Å². The zero-order chi connectivity index (χ0) is 12.0. The molecule has 1 aliphatic carbocycles. The first-order valence-electron chi connectivity index (χ1n) is 4.87. The van der Waals surface area contributed by atoms with E-state index in [1.165, 1.54) is 11.1 Å². The molecule has 0 saturated carbocycles. The van der Waals surface area contributed by atoms with E-state index >= 15 is 0 Å². The van der Waals surface area contributed by atoms with E-state index in [4.69, 9.17) is 0 Å². The van der Waals surface area contributed by atoms with E-state index in [0.717, 1.165) is 6.42 Å². The van der Waals surface area contributed by atoms with Gasteiger partial charge in [-0.25, -0.2) is 4.21 Å². The van der Waals surface area contributed by atoms with E-state index < -0.39 is 9.05 Å². The zero-order valence-electron chi connectivity index (χ0n) is 9.92. The minimum Gasteiger partial charge on any atom is -0.748 e. The van der Waals surface area contributed by atoms with Gasteiger partial charge in [0.2, 0.25) is 0 Å². The molecule has 2 rings (SSSR count). The Hall–Kier alpha value is 0.250. The summed E-state index contributed by atoms with van der Waals surface area (Å²) in [6, 6.07) is 8.49. The summed E-state index contributed by atoms with van der Waals surface area (Å²) in [6.45, 7) is 1.68. The molecule has 0 saturated heterocycles. The van der Waals surface area contributed by atoms with Gasteiger partial charge in [-0.15, -0.1) is 0 Å². The molecule has 1 atom stereocenters. The van der Waals surface area contributed by atoms with Gasteiger partial charge in [-0.1, -0.05) is 36.4 Å². The van der Waals surface area contributed by atoms with Crippen LogP contribution in [0.1, 0.15) is 18.1 Å². The third-order valence-corrected chi connectivity index (χ3v) is 2.77. The quantitative estimate of drug-likeness (QED) is 0.657. The van der Waals surface area contributed by atoms with Crippen LogP contribution in [-0.2, 0) is 30.8 Å². The fourth-order valence-electron chi connectivity index (χ4n) is 1.34. The van der Waals surface area contributed by atoms with Crippen molar-refractivity contribution in [2.45, 2.75) is 13.3 Å². The van der Waals surface area contributed by atoms with Crippen LogP contribution in [0.2, 0.25) is 0 Å². The van der Waals surface area contributed by atoms with Gasteiger partial charge >= 0.3 is 29.6 Å². The van der Waals surface area contributed by atoms with Gasteiger partial charge in [-0.3, -0.25) is 4.18 Å². The predicted molar refractivity (Wildman–Crippen MR) is 67.1 cm³/mol. The molecule has 0 aliphatic heterocycles. The largest absolute Gasteiger partial charge is 1.00 e. The summed E-state index contributed by atoms with van der Waals surface area (Å²) in [5.41, 5.74) is 2.84. The van der Waals surface area contributed by atoms with Crippen LogP contribution in [0, 0.1) is 0 Å². The molecule has 6 heteroatoms. The molecule has 0 radical (unpaired) electrons. The minimum absolute atomic E-state index is 0. The molecule has 1 aliphatic rings. The van der Waals surface area contributed by atoms with Crippen LogP contribution in [-0.4, -0.2) is 15.4 Å². The van der Waals surface area contributed by atoms with Gasteiger partial charge in [0, 0.05) is 0 Å². The molecular formula is C11H13NaO3S2. The molecule has 1 aromatic carbocycles. The molecule has 0 N–H and O–H groups in total. The van der Waals surface area contributed by atoms with Crippen molar-refractivity contribution < 1.29 is 42.5 Å². The summed E-state index contributed by atoms with van der Waals surface area (Å²) >= 11 is 3.83. The Morgan fingerprint density at radius 3 is 2.59 bits per heavy atom. The van der Waals surface area contributed by atoms with Crippen LogP contribution < -0.4 is 29.6 Å². The number of allylic oxidation sites excluding steroid dienone is 1. The van der Waals surface area contributed by atoms with Gasteiger partial charge in [0.15, 0.2) is 0 Å². The second-order valence-corrected chi connectivity index (χ2v) is 5.40. The predicted octanol–water partition coefficient (Wildman–Crippen LogP) is -0.925. The number of benzene rings is 1. The van der Waals surface area contributed by atoms with E-state index in [2.05, 4.69) is 51.8 Å². The first-order valence-corrected chi connectivity index (χ1v) is 7.21. The molecular weight excluding hydrogens is 267 g/mol. The molecule has 1 unspecified atom stereocenters. The van der Waals surface area contributed by atoms with Gasteiger partial charge in [0.25, 0.3) is 0 Å². The van der Waals surface area contributed by atoms with Gasteiger partial charge in [0.05, 0.1) is 15.7 Å². The monoisotopic (exact) mass is 280 g/mol. The molecule has 0 spiro atoms. The Morgan fingerprint density at radius 2 is 2.12 bits per heavy atom. The van der Waals surface area contributed by atoms with Crippen LogP contribution in [0.25, 0.3) is 6.08 Å². The molecule has 1 aromatic rings. The molecule has 0 bridgehead atoms. The summed E-state index contributed by atoms with van der Waals surface area (Å²) in [6.07, 6.45) is 5.50. The van der Waals surface area contributed by atoms with E-state index in [-0.39, 0.29) is 36.2 Å². The fourth-order valence-corrected chi connectivity index (χ4v) is 1.92. The Morgan fingerprint density at radius 1 is 1.47 bits per heavy atom. The SMILES string of the molecule is C1=Cc2ccccc2C1.CCOS(=O)([O-])=S.[Na+]. The van der Waals surface area contributed by atoms with Crippen LogP contribution >= 0.6 is 0 Å². The summed E-state index contributed by atoms with van der Waals surface area (Å²) in [5, 5.41) is 0. The van der Waals surface area contributed by atoms with Crippen molar-refractivity contribution in [3.63, 3.8) is 0 Å². The van der Waals surface area contributed by atoms with Crippen molar-refractivity contribution in [3.8, 4) is 0 Å². The third kappa shape index (κ3) is 7.31. The van der Waals surface area contributed by atoms with E-state index in [0.29, 0.717) is 0 Å². The minimum atomic E-state index is -3.59. The fraction of sp³-hybridized carbons (Fsp3) is 0.273. The van der Waals surface area contributed by atoms with Crippen LogP contribution in [0.4, 0.5) is 0 Å². The summed E-state index contributed by atoms with van der Waals surface area (Å²) < 4.78 is 23.7. The van der Waals surface area contributed by atoms with Gasteiger partial charge in [0.1, 0.15) is 0 Å². The first kappa shape index (κ1) is 17.2. The summed E-state index contributed by atoms with van der Waals surface area (Å²) in [7, 11) is -3.59. The molecule has 17 heavy (non-hydrogen) atoms. The van der Waals surface area contributed by atoms with E-state index in [9.17, 15) is 8.76 Å². The zero-order valence-corrected chi connectivity index (χ0v) is 13.6. The normalized spacial score (nSPS) is 14.9. The second kappa shape index (κ2) is 8.37. The first-order chi connectivity index (χ1) is 7.53. The Labute approximate surface area is 129 Å². The van der Waals surface area contributed by atoms with E-state index in [1.54, 1.807) is 6.92 Å². The average Bonchev–Trinajstić information content (AvgIpc) is 2.64. The molecule has 0 fully saturated rings. The smallest absolute Gasteiger partial charge is 0.748 e. The molecule has 0 aromatic heterocycles. The summed E-state index contributed by atoms with van der Waals surface area (Å²) in [5.74, 6) is 0. The number of fused-ring (bicyclic) bond motifs is 1. The van der Waals surface area contributed by atoms with Gasteiger partial charge in [-0.2, -0.15) is 0 Å². The maximum atomic E-state index is 9.82. The van der Waals surface area contributed by atoms with Gasteiger partial charge < -0.3 is 4.55 Å². The number of rotatable bonds is 2. The maximum Gasteiger partial charge on any atom is 1.00 e. The topological polar surface area (TPSA) is 49.4 Å². The van der Waals surface area contributed by atoms with Crippen molar-refractivity contribution in [2.75, 3.05) is 6.61 Å².